The second kappa shape index (κ2) is 15.7. The van der Waals surface area contributed by atoms with Gasteiger partial charge in [-0.15, -0.1) is 0 Å². The smallest absolute Gasteiger partial charge is 0.138 e. The molecule has 0 amide bonds. The van der Waals surface area contributed by atoms with Crippen molar-refractivity contribution in [2.75, 3.05) is 33.0 Å². The average Bonchev–Trinajstić information content (AvgIpc) is 2.66. The SMILES string of the molecule is CCc1cc(OCC=C(Cl)Cl)cc(C)c1OCCCOCC=NOCC=C(Cl)Cl. The highest BCUT2D eigenvalue weighted by atomic mass is 35.5. The number of nitrogens with zero attached hydrogens (tertiary/aromatic N) is 1. The van der Waals surface area contributed by atoms with Crippen LogP contribution in [0.25, 0.3) is 0 Å². The Morgan fingerprint density at radius 1 is 0.966 bits per heavy atom. The quantitative estimate of drug-likeness (QED) is 0.175. The Morgan fingerprint density at radius 3 is 2.38 bits per heavy atom. The fraction of sp³-hybridized carbons (Fsp3) is 0.450. The molecule has 0 heterocycles. The van der Waals surface area contributed by atoms with Gasteiger partial charge in [0, 0.05) is 6.42 Å². The van der Waals surface area contributed by atoms with Crippen LogP contribution in [0.2, 0.25) is 0 Å². The van der Waals surface area contributed by atoms with Crippen molar-refractivity contribution in [3.63, 3.8) is 0 Å². The topological polar surface area (TPSA) is 49.3 Å². The van der Waals surface area contributed by atoms with Gasteiger partial charge in [0.05, 0.1) is 26.0 Å². The molecule has 0 unspecified atom stereocenters. The molecule has 0 saturated carbocycles. The summed E-state index contributed by atoms with van der Waals surface area (Å²) in [5.74, 6) is 1.64. The van der Waals surface area contributed by atoms with Gasteiger partial charge in [0.2, 0.25) is 0 Å². The third-order valence-electron chi connectivity index (χ3n) is 3.53. The van der Waals surface area contributed by atoms with Crippen molar-refractivity contribution in [2.45, 2.75) is 26.7 Å². The first kappa shape index (κ1) is 25.9. The van der Waals surface area contributed by atoms with E-state index in [-0.39, 0.29) is 15.6 Å². The summed E-state index contributed by atoms with van der Waals surface area (Å²) in [5.41, 5.74) is 2.09. The Bertz CT molecular complexity index is 700. The summed E-state index contributed by atoms with van der Waals surface area (Å²) in [6.45, 7) is 6.04. The fourth-order valence-electron chi connectivity index (χ4n) is 2.26. The van der Waals surface area contributed by atoms with E-state index >= 15 is 0 Å². The van der Waals surface area contributed by atoms with Gasteiger partial charge in [0.1, 0.15) is 33.7 Å². The highest BCUT2D eigenvalue weighted by molar-refractivity contribution is 6.56. The van der Waals surface area contributed by atoms with Crippen LogP contribution in [0.4, 0.5) is 0 Å². The molecule has 0 saturated heterocycles. The minimum absolute atomic E-state index is 0.147. The van der Waals surface area contributed by atoms with Crippen LogP contribution in [0.15, 0.2) is 38.4 Å². The second-order valence-corrected chi connectivity index (χ2v) is 7.76. The molecule has 1 rings (SSSR count). The van der Waals surface area contributed by atoms with Gasteiger partial charge in [-0.1, -0.05) is 58.5 Å². The molecule has 0 spiro atoms. The molecule has 162 valence electrons. The summed E-state index contributed by atoms with van der Waals surface area (Å²) < 4.78 is 17.4. The lowest BCUT2D eigenvalue weighted by Crippen LogP contribution is -2.07. The molecule has 1 aromatic carbocycles. The number of benzene rings is 1. The van der Waals surface area contributed by atoms with Gasteiger partial charge >= 0.3 is 0 Å². The van der Waals surface area contributed by atoms with E-state index in [9.17, 15) is 0 Å². The lowest BCUT2D eigenvalue weighted by atomic mass is 10.1. The Labute approximate surface area is 192 Å². The molecule has 0 radical (unpaired) electrons. The molecule has 1 aromatic rings. The largest absolute Gasteiger partial charge is 0.493 e. The van der Waals surface area contributed by atoms with Crippen molar-refractivity contribution in [2.24, 2.45) is 5.16 Å². The molecule has 0 aliphatic rings. The van der Waals surface area contributed by atoms with E-state index in [1.165, 1.54) is 12.3 Å². The maximum Gasteiger partial charge on any atom is 0.138 e. The molecule has 0 fully saturated rings. The standard InChI is InChI=1S/C20H25Cl4NO4/c1-3-16-14-17(27-10-5-18(21)22)13-15(2)20(16)28-9-4-8-26-12-7-25-29-11-6-19(23)24/h5-7,13-14H,3-4,8-12H2,1-2H3. The summed E-state index contributed by atoms with van der Waals surface area (Å²) in [4.78, 5) is 4.91. The maximum atomic E-state index is 5.96. The van der Waals surface area contributed by atoms with Crippen molar-refractivity contribution in [3.05, 3.63) is 44.4 Å². The third kappa shape index (κ3) is 12.2. The van der Waals surface area contributed by atoms with Gasteiger partial charge in [0.15, 0.2) is 0 Å². The fourth-order valence-corrected chi connectivity index (χ4v) is 2.51. The highest BCUT2D eigenvalue weighted by Gasteiger charge is 2.09. The van der Waals surface area contributed by atoms with Gasteiger partial charge < -0.3 is 19.0 Å². The third-order valence-corrected chi connectivity index (χ3v) is 4.14. The Morgan fingerprint density at radius 2 is 1.69 bits per heavy atom. The van der Waals surface area contributed by atoms with Crippen molar-refractivity contribution >= 4 is 52.6 Å². The highest BCUT2D eigenvalue weighted by Crippen LogP contribution is 2.30. The molecule has 0 atom stereocenters. The molecule has 29 heavy (non-hydrogen) atoms. The first-order chi connectivity index (χ1) is 13.9. The zero-order valence-corrected chi connectivity index (χ0v) is 19.5. The van der Waals surface area contributed by atoms with E-state index in [1.54, 1.807) is 6.08 Å². The van der Waals surface area contributed by atoms with E-state index in [0.29, 0.717) is 26.4 Å². The van der Waals surface area contributed by atoms with Gasteiger partial charge in [-0.3, -0.25) is 0 Å². The summed E-state index contributed by atoms with van der Waals surface area (Å²) in [5, 5.41) is 3.71. The summed E-state index contributed by atoms with van der Waals surface area (Å²) in [6.07, 6.45) is 6.20. The van der Waals surface area contributed by atoms with Crippen LogP contribution >= 0.6 is 46.4 Å². The maximum absolute atomic E-state index is 5.96. The van der Waals surface area contributed by atoms with Crippen LogP contribution in [0, 0.1) is 6.92 Å². The van der Waals surface area contributed by atoms with Crippen LogP contribution < -0.4 is 9.47 Å². The van der Waals surface area contributed by atoms with Crippen molar-refractivity contribution in [1.29, 1.82) is 0 Å². The predicted molar refractivity (Wildman–Crippen MR) is 121 cm³/mol. The van der Waals surface area contributed by atoms with Gasteiger partial charge in [-0.25, -0.2) is 0 Å². The molecule has 0 bridgehead atoms. The van der Waals surface area contributed by atoms with E-state index in [0.717, 1.165) is 35.5 Å². The van der Waals surface area contributed by atoms with Crippen LogP contribution in [0.5, 0.6) is 11.5 Å². The van der Waals surface area contributed by atoms with Crippen LogP contribution in [0.1, 0.15) is 24.5 Å². The monoisotopic (exact) mass is 483 g/mol. The Balaban J connectivity index is 2.34. The Kier molecular flexibility index (Phi) is 14.0. The van der Waals surface area contributed by atoms with Crippen molar-refractivity contribution in [3.8, 4) is 11.5 Å². The molecular weight excluding hydrogens is 460 g/mol. The molecule has 5 nitrogen and oxygen atoms in total. The number of halogens is 4. The summed E-state index contributed by atoms with van der Waals surface area (Å²) >= 11 is 22.1. The van der Waals surface area contributed by atoms with E-state index in [2.05, 4.69) is 12.1 Å². The number of ether oxygens (including phenoxy) is 3. The lowest BCUT2D eigenvalue weighted by Gasteiger charge is -2.15. The number of rotatable bonds is 14. The van der Waals surface area contributed by atoms with Crippen molar-refractivity contribution in [1.82, 2.24) is 0 Å². The molecule has 9 heteroatoms. The first-order valence-electron chi connectivity index (χ1n) is 9.07. The summed E-state index contributed by atoms with van der Waals surface area (Å²) in [6, 6.07) is 3.90. The zero-order chi connectivity index (χ0) is 21.5. The Hall–Kier alpha value is -1.11. The van der Waals surface area contributed by atoms with E-state index in [4.69, 9.17) is 65.5 Å². The molecule has 0 aliphatic heterocycles. The number of aryl methyl sites for hydroxylation is 2. The lowest BCUT2D eigenvalue weighted by molar-refractivity contribution is 0.143. The first-order valence-corrected chi connectivity index (χ1v) is 10.6. The van der Waals surface area contributed by atoms with E-state index < -0.39 is 0 Å². The zero-order valence-electron chi connectivity index (χ0n) is 16.4. The van der Waals surface area contributed by atoms with Crippen LogP contribution in [-0.2, 0) is 16.0 Å². The van der Waals surface area contributed by atoms with Crippen molar-refractivity contribution < 1.29 is 19.0 Å². The molecule has 0 aliphatic carbocycles. The van der Waals surface area contributed by atoms with Gasteiger partial charge in [0.25, 0.3) is 0 Å². The van der Waals surface area contributed by atoms with Crippen LogP contribution in [-0.4, -0.2) is 39.2 Å². The number of hydrogen-bond acceptors (Lipinski definition) is 5. The number of hydrogen-bond donors (Lipinski definition) is 0. The molecular formula is C20H25Cl4NO4. The second-order valence-electron chi connectivity index (χ2n) is 5.74. The van der Waals surface area contributed by atoms with E-state index in [1.807, 2.05) is 19.1 Å². The van der Waals surface area contributed by atoms with Crippen LogP contribution in [0.3, 0.4) is 0 Å². The minimum Gasteiger partial charge on any atom is -0.493 e. The predicted octanol–water partition coefficient (Wildman–Crippen LogP) is 6.36. The molecule has 0 N–H and O–H groups in total. The minimum atomic E-state index is 0.147. The van der Waals surface area contributed by atoms with Gasteiger partial charge in [-0.05, 0) is 48.8 Å². The number of oxime groups is 1. The van der Waals surface area contributed by atoms with Gasteiger partial charge in [-0.2, -0.15) is 0 Å². The summed E-state index contributed by atoms with van der Waals surface area (Å²) in [7, 11) is 0. The molecule has 0 aromatic heterocycles. The average molecular weight is 485 g/mol. The normalized spacial score (nSPS) is 10.7.